The van der Waals surface area contributed by atoms with E-state index in [0.717, 1.165) is 44.9 Å². The van der Waals surface area contributed by atoms with E-state index in [0.29, 0.717) is 19.6 Å². The molecule has 1 aliphatic rings. The minimum atomic E-state index is -0.478. The van der Waals surface area contributed by atoms with Crippen LogP contribution in [0.2, 0.25) is 0 Å². The summed E-state index contributed by atoms with van der Waals surface area (Å²) in [4.78, 5) is 24.4. The maximum Gasteiger partial charge on any atom is 0.313 e. The molecule has 0 heterocycles. The largest absolute Gasteiger partial charge is 0.465 e. The van der Waals surface area contributed by atoms with Gasteiger partial charge >= 0.3 is 11.9 Å². The Morgan fingerprint density at radius 3 is 2.14 bits per heavy atom. The van der Waals surface area contributed by atoms with Crippen LogP contribution in [0.3, 0.4) is 0 Å². The molecule has 1 rings (SSSR count). The first kappa shape index (κ1) is 18.7. The van der Waals surface area contributed by atoms with E-state index in [1.54, 1.807) is 0 Å². The lowest BCUT2D eigenvalue weighted by molar-refractivity contribution is -0.159. The molecule has 0 N–H and O–H groups in total. The number of ether oxygens (including phenoxy) is 2. The van der Waals surface area contributed by atoms with Gasteiger partial charge in [0.05, 0.1) is 25.0 Å². The third kappa shape index (κ3) is 6.63. The summed E-state index contributed by atoms with van der Waals surface area (Å²) >= 11 is 0. The zero-order valence-corrected chi connectivity index (χ0v) is 14.0. The molecule has 0 aromatic rings. The molecule has 126 valence electrons. The number of allylic oxidation sites excluding steroid dienone is 1. The highest BCUT2D eigenvalue weighted by atomic mass is 16.5. The van der Waals surface area contributed by atoms with Gasteiger partial charge in [-0.1, -0.05) is 51.7 Å². The van der Waals surface area contributed by atoms with Gasteiger partial charge in [0.15, 0.2) is 0 Å². The van der Waals surface area contributed by atoms with Gasteiger partial charge in [-0.25, -0.2) is 0 Å². The zero-order chi connectivity index (χ0) is 16.2. The van der Waals surface area contributed by atoms with Gasteiger partial charge in [0, 0.05) is 0 Å². The predicted molar refractivity (Wildman–Crippen MR) is 86.3 cm³/mol. The molecule has 22 heavy (non-hydrogen) atoms. The van der Waals surface area contributed by atoms with Gasteiger partial charge in [-0.3, -0.25) is 9.59 Å². The second-order valence-corrected chi connectivity index (χ2v) is 5.89. The Morgan fingerprint density at radius 2 is 1.55 bits per heavy atom. The normalized spacial score (nSPS) is 20.6. The Bertz CT molecular complexity index is 362. The molecular weight excluding hydrogens is 280 g/mol. The van der Waals surface area contributed by atoms with Crippen molar-refractivity contribution in [1.29, 1.82) is 0 Å². The van der Waals surface area contributed by atoms with Crippen molar-refractivity contribution >= 4 is 11.9 Å². The van der Waals surface area contributed by atoms with E-state index in [4.69, 9.17) is 9.47 Å². The summed E-state index contributed by atoms with van der Waals surface area (Å²) < 4.78 is 10.6. The highest BCUT2D eigenvalue weighted by molar-refractivity contribution is 5.83. The lowest BCUT2D eigenvalue weighted by atomic mass is 9.84. The summed E-state index contributed by atoms with van der Waals surface area (Å²) in [7, 11) is 0. The van der Waals surface area contributed by atoms with Crippen LogP contribution in [-0.2, 0) is 19.1 Å². The molecular formula is C18H30O4. The van der Waals surface area contributed by atoms with E-state index in [9.17, 15) is 9.59 Å². The minimum Gasteiger partial charge on any atom is -0.465 e. The summed E-state index contributed by atoms with van der Waals surface area (Å²) in [5.74, 6) is -1.40. The summed E-state index contributed by atoms with van der Waals surface area (Å²) in [5.41, 5.74) is 0. The summed E-state index contributed by atoms with van der Waals surface area (Å²) in [5, 5.41) is 0. The second kappa shape index (κ2) is 11.3. The maximum absolute atomic E-state index is 12.2. The van der Waals surface area contributed by atoms with Gasteiger partial charge in [0.25, 0.3) is 0 Å². The number of carbonyl (C=O) groups excluding carboxylic acids is 2. The highest BCUT2D eigenvalue weighted by Gasteiger charge is 2.35. The molecule has 2 unspecified atom stereocenters. The average molecular weight is 310 g/mol. The van der Waals surface area contributed by atoms with E-state index in [1.807, 2.05) is 12.2 Å². The van der Waals surface area contributed by atoms with E-state index in [1.165, 1.54) is 0 Å². The van der Waals surface area contributed by atoms with Gasteiger partial charge in [-0.05, 0) is 25.7 Å². The van der Waals surface area contributed by atoms with E-state index in [-0.39, 0.29) is 17.9 Å². The monoisotopic (exact) mass is 310 g/mol. The van der Waals surface area contributed by atoms with Crippen LogP contribution in [0.25, 0.3) is 0 Å². The Labute approximate surface area is 134 Å². The van der Waals surface area contributed by atoms with Crippen molar-refractivity contribution < 1.29 is 19.1 Å². The average Bonchev–Trinajstić information content (AvgIpc) is 2.55. The molecule has 2 atom stereocenters. The summed E-state index contributed by atoms with van der Waals surface area (Å²) in [6.07, 6.45) is 11.3. The fourth-order valence-electron chi connectivity index (χ4n) is 2.59. The fourth-order valence-corrected chi connectivity index (χ4v) is 2.59. The smallest absolute Gasteiger partial charge is 0.313 e. The Morgan fingerprint density at radius 1 is 0.955 bits per heavy atom. The molecule has 0 saturated heterocycles. The molecule has 0 fully saturated rings. The van der Waals surface area contributed by atoms with Crippen molar-refractivity contribution in [3.05, 3.63) is 12.2 Å². The number of hydrogen-bond donors (Lipinski definition) is 0. The first-order valence-electron chi connectivity index (χ1n) is 8.70. The minimum absolute atomic E-state index is 0.254. The summed E-state index contributed by atoms with van der Waals surface area (Å²) in [6.45, 7) is 5.11. The zero-order valence-electron chi connectivity index (χ0n) is 14.0. The lowest BCUT2D eigenvalue weighted by Gasteiger charge is -2.24. The SMILES string of the molecule is CCCCCOC(=O)C1C=CCCC1C(=O)OCCCCC. The third-order valence-electron chi connectivity index (χ3n) is 3.98. The van der Waals surface area contributed by atoms with Gasteiger partial charge in [0.1, 0.15) is 0 Å². The number of unbranched alkanes of at least 4 members (excludes halogenated alkanes) is 4. The van der Waals surface area contributed by atoms with E-state index >= 15 is 0 Å². The van der Waals surface area contributed by atoms with Crippen LogP contribution in [0.15, 0.2) is 12.2 Å². The van der Waals surface area contributed by atoms with Crippen molar-refractivity contribution in [3.8, 4) is 0 Å². The predicted octanol–water partition coefficient (Wildman–Crippen LogP) is 4.04. The Balaban J connectivity index is 2.44. The number of esters is 2. The molecule has 0 aromatic heterocycles. The molecule has 4 nitrogen and oxygen atoms in total. The third-order valence-corrected chi connectivity index (χ3v) is 3.98. The first-order valence-corrected chi connectivity index (χ1v) is 8.70. The molecule has 0 spiro atoms. The first-order chi connectivity index (χ1) is 10.7. The number of carbonyl (C=O) groups is 2. The van der Waals surface area contributed by atoms with Gasteiger partial charge in [-0.2, -0.15) is 0 Å². The van der Waals surface area contributed by atoms with Crippen LogP contribution >= 0.6 is 0 Å². The molecule has 0 saturated carbocycles. The molecule has 0 aromatic carbocycles. The lowest BCUT2D eigenvalue weighted by Crippen LogP contribution is -2.33. The van der Waals surface area contributed by atoms with Crippen molar-refractivity contribution in [2.75, 3.05) is 13.2 Å². The number of rotatable bonds is 10. The van der Waals surface area contributed by atoms with Crippen LogP contribution in [0.4, 0.5) is 0 Å². The van der Waals surface area contributed by atoms with Gasteiger partial charge < -0.3 is 9.47 Å². The van der Waals surface area contributed by atoms with Gasteiger partial charge in [0.2, 0.25) is 0 Å². The second-order valence-electron chi connectivity index (χ2n) is 5.89. The standard InChI is InChI=1S/C18H30O4/c1-3-5-9-13-21-17(19)15-11-7-8-12-16(15)18(20)22-14-10-6-4-2/h7,11,15-16H,3-6,8-10,12-14H2,1-2H3. The van der Waals surface area contributed by atoms with Crippen molar-refractivity contribution in [2.24, 2.45) is 11.8 Å². The van der Waals surface area contributed by atoms with Crippen molar-refractivity contribution in [3.63, 3.8) is 0 Å². The quantitative estimate of drug-likeness (QED) is 0.347. The van der Waals surface area contributed by atoms with Crippen molar-refractivity contribution in [1.82, 2.24) is 0 Å². The summed E-state index contributed by atoms with van der Waals surface area (Å²) in [6, 6.07) is 0. The van der Waals surface area contributed by atoms with Crippen LogP contribution in [0.5, 0.6) is 0 Å². The molecule has 0 amide bonds. The maximum atomic E-state index is 12.2. The number of hydrogen-bond acceptors (Lipinski definition) is 4. The molecule has 0 aliphatic heterocycles. The highest BCUT2D eigenvalue weighted by Crippen LogP contribution is 2.27. The fraction of sp³-hybridized carbons (Fsp3) is 0.778. The topological polar surface area (TPSA) is 52.6 Å². The Hall–Kier alpha value is -1.32. The van der Waals surface area contributed by atoms with Crippen molar-refractivity contribution in [2.45, 2.75) is 65.2 Å². The Kier molecular flexibility index (Phi) is 9.60. The van der Waals surface area contributed by atoms with Crippen LogP contribution in [-0.4, -0.2) is 25.2 Å². The van der Waals surface area contributed by atoms with Crippen LogP contribution < -0.4 is 0 Å². The molecule has 1 aliphatic carbocycles. The van der Waals surface area contributed by atoms with Crippen LogP contribution in [0, 0.1) is 11.8 Å². The molecule has 4 heteroatoms. The van der Waals surface area contributed by atoms with E-state index < -0.39 is 5.92 Å². The van der Waals surface area contributed by atoms with Gasteiger partial charge in [-0.15, -0.1) is 0 Å². The van der Waals surface area contributed by atoms with Crippen LogP contribution in [0.1, 0.15) is 65.2 Å². The van der Waals surface area contributed by atoms with E-state index in [2.05, 4.69) is 13.8 Å². The molecule has 0 radical (unpaired) electrons. The molecule has 0 bridgehead atoms.